The van der Waals surface area contributed by atoms with Gasteiger partial charge in [0.1, 0.15) is 0 Å². The van der Waals surface area contributed by atoms with Crippen molar-refractivity contribution in [3.05, 3.63) is 0 Å². The van der Waals surface area contributed by atoms with Crippen LogP contribution < -0.4 is 5.73 Å². The fourth-order valence-corrected chi connectivity index (χ4v) is 1.73. The number of piperazine rings is 1. The summed E-state index contributed by atoms with van der Waals surface area (Å²) in [5.41, 5.74) is 3.88. The van der Waals surface area contributed by atoms with E-state index >= 15 is 0 Å². The van der Waals surface area contributed by atoms with Crippen molar-refractivity contribution in [1.29, 1.82) is 0 Å². The van der Waals surface area contributed by atoms with Crippen LogP contribution in [0.25, 0.3) is 0 Å². The van der Waals surface area contributed by atoms with Gasteiger partial charge in [-0.15, -0.1) is 0 Å². The van der Waals surface area contributed by atoms with E-state index < -0.39 is 0 Å². The van der Waals surface area contributed by atoms with E-state index in [4.69, 9.17) is 0 Å². The highest BCUT2D eigenvalue weighted by molar-refractivity contribution is 4.73. The molecule has 0 unspecified atom stereocenters. The van der Waals surface area contributed by atoms with Crippen molar-refractivity contribution in [3.8, 4) is 0 Å². The van der Waals surface area contributed by atoms with Gasteiger partial charge >= 0.3 is 0 Å². The van der Waals surface area contributed by atoms with E-state index in [0.29, 0.717) is 6.04 Å². The second-order valence-electron chi connectivity index (χ2n) is 3.82. The summed E-state index contributed by atoms with van der Waals surface area (Å²) in [5, 5.41) is 0. The minimum atomic E-state index is 0.715. The van der Waals surface area contributed by atoms with E-state index in [0.717, 1.165) is 6.54 Å². The summed E-state index contributed by atoms with van der Waals surface area (Å²) >= 11 is 0. The third-order valence-electron chi connectivity index (χ3n) is 2.61. The Morgan fingerprint density at radius 2 is 1.75 bits per heavy atom. The van der Waals surface area contributed by atoms with Crippen molar-refractivity contribution in [2.45, 2.75) is 19.9 Å². The summed E-state index contributed by atoms with van der Waals surface area (Å²) in [6.07, 6.45) is 0. The summed E-state index contributed by atoms with van der Waals surface area (Å²) in [5.74, 6) is 0. The molecule has 3 heteroatoms. The van der Waals surface area contributed by atoms with Crippen LogP contribution in [0.2, 0.25) is 0 Å². The van der Waals surface area contributed by atoms with Crippen LogP contribution >= 0.6 is 0 Å². The van der Waals surface area contributed by atoms with Gasteiger partial charge in [0.25, 0.3) is 0 Å². The van der Waals surface area contributed by atoms with Crippen LogP contribution in [-0.2, 0) is 0 Å². The van der Waals surface area contributed by atoms with Crippen molar-refractivity contribution in [1.82, 2.24) is 9.80 Å². The van der Waals surface area contributed by atoms with Gasteiger partial charge in [0.05, 0.1) is 6.54 Å². The number of rotatable bonds is 3. The van der Waals surface area contributed by atoms with E-state index in [1.165, 1.54) is 32.7 Å². The molecule has 0 aromatic heterocycles. The third-order valence-corrected chi connectivity index (χ3v) is 2.61. The maximum absolute atomic E-state index is 3.88. The molecule has 1 heterocycles. The zero-order valence-electron chi connectivity index (χ0n) is 8.42. The second-order valence-corrected chi connectivity index (χ2v) is 3.82. The van der Waals surface area contributed by atoms with Crippen molar-refractivity contribution in [3.63, 3.8) is 0 Å². The van der Waals surface area contributed by atoms with Gasteiger partial charge < -0.3 is 5.73 Å². The quantitative estimate of drug-likeness (QED) is 0.608. The van der Waals surface area contributed by atoms with Crippen molar-refractivity contribution in [2.75, 3.05) is 39.3 Å². The average Bonchev–Trinajstić information content (AvgIpc) is 2.06. The van der Waals surface area contributed by atoms with Crippen LogP contribution in [0.5, 0.6) is 0 Å². The van der Waals surface area contributed by atoms with Crippen LogP contribution in [0.15, 0.2) is 0 Å². The molecule has 0 amide bonds. The summed E-state index contributed by atoms with van der Waals surface area (Å²) in [4.78, 5) is 5.05. The maximum atomic E-state index is 3.88. The average molecular weight is 172 g/mol. The molecule has 0 saturated carbocycles. The summed E-state index contributed by atoms with van der Waals surface area (Å²) in [6, 6.07) is 0.715. The number of nitrogens with zero attached hydrogens (tertiary/aromatic N) is 2. The Hall–Kier alpha value is -0.120. The molecule has 0 aliphatic carbocycles. The van der Waals surface area contributed by atoms with Crippen molar-refractivity contribution in [2.24, 2.45) is 0 Å². The molecule has 0 bridgehead atoms. The molecule has 72 valence electrons. The summed E-state index contributed by atoms with van der Waals surface area (Å²) in [6.45, 7) is 11.7. The lowest BCUT2D eigenvalue weighted by Crippen LogP contribution is -2.57. The Morgan fingerprint density at radius 1 is 1.17 bits per heavy atom. The maximum Gasteiger partial charge on any atom is 0.0869 e. The topological polar surface area (TPSA) is 34.1 Å². The lowest BCUT2D eigenvalue weighted by Gasteiger charge is -2.36. The molecular formula is C9H22N3+. The van der Waals surface area contributed by atoms with Gasteiger partial charge in [-0.3, -0.25) is 9.80 Å². The van der Waals surface area contributed by atoms with Gasteiger partial charge in [-0.1, -0.05) is 0 Å². The van der Waals surface area contributed by atoms with Crippen LogP contribution in [0.4, 0.5) is 0 Å². The van der Waals surface area contributed by atoms with Gasteiger partial charge in [0.15, 0.2) is 0 Å². The van der Waals surface area contributed by atoms with E-state index in [9.17, 15) is 0 Å². The Kier molecular flexibility index (Phi) is 3.98. The van der Waals surface area contributed by atoms with Crippen LogP contribution in [0.3, 0.4) is 0 Å². The largest absolute Gasteiger partial charge is 0.357 e. The zero-order chi connectivity index (χ0) is 8.97. The molecule has 3 N–H and O–H groups in total. The zero-order valence-corrected chi connectivity index (χ0v) is 8.42. The molecule has 1 rings (SSSR count). The minimum Gasteiger partial charge on any atom is -0.357 e. The van der Waals surface area contributed by atoms with Gasteiger partial charge in [-0.05, 0) is 13.8 Å². The molecule has 0 aromatic rings. The molecule has 0 aromatic carbocycles. The number of hydrogen-bond acceptors (Lipinski definition) is 2. The molecule has 1 aliphatic rings. The second kappa shape index (κ2) is 4.80. The molecular weight excluding hydrogens is 150 g/mol. The molecule has 12 heavy (non-hydrogen) atoms. The Bertz CT molecular complexity index is 117. The first kappa shape index (κ1) is 9.96. The predicted molar refractivity (Wildman–Crippen MR) is 50.9 cm³/mol. The van der Waals surface area contributed by atoms with Crippen molar-refractivity contribution < 1.29 is 5.73 Å². The van der Waals surface area contributed by atoms with Crippen molar-refractivity contribution >= 4 is 0 Å². The Balaban J connectivity index is 2.20. The Morgan fingerprint density at radius 3 is 2.17 bits per heavy atom. The third kappa shape index (κ3) is 2.73. The minimum absolute atomic E-state index is 0.715. The molecule has 0 atom stereocenters. The Labute approximate surface area is 75.5 Å². The van der Waals surface area contributed by atoms with Crippen LogP contribution in [0, 0.1) is 0 Å². The lowest BCUT2D eigenvalue weighted by atomic mass is 10.2. The SMILES string of the molecule is CC(C)N1CCN(CC[NH3+])CC1. The standard InChI is InChI=1S/C9H21N3/c1-9(2)12-7-5-11(4-3-10)6-8-12/h9H,3-8,10H2,1-2H3/p+1. The van der Waals surface area contributed by atoms with E-state index in [1.54, 1.807) is 0 Å². The first-order valence-corrected chi connectivity index (χ1v) is 4.99. The molecule has 3 nitrogen and oxygen atoms in total. The van der Waals surface area contributed by atoms with E-state index in [2.05, 4.69) is 29.4 Å². The van der Waals surface area contributed by atoms with Gasteiger partial charge in [0, 0.05) is 38.8 Å². The highest BCUT2D eigenvalue weighted by Gasteiger charge is 2.17. The highest BCUT2D eigenvalue weighted by Crippen LogP contribution is 2.04. The molecule has 1 aliphatic heterocycles. The summed E-state index contributed by atoms with van der Waals surface area (Å²) < 4.78 is 0. The molecule has 1 fully saturated rings. The van der Waals surface area contributed by atoms with Crippen LogP contribution in [0.1, 0.15) is 13.8 Å². The van der Waals surface area contributed by atoms with E-state index in [1.807, 2.05) is 0 Å². The smallest absolute Gasteiger partial charge is 0.0869 e. The molecule has 1 saturated heterocycles. The molecule has 0 radical (unpaired) electrons. The first-order chi connectivity index (χ1) is 5.74. The van der Waals surface area contributed by atoms with Gasteiger partial charge in [0.2, 0.25) is 0 Å². The monoisotopic (exact) mass is 172 g/mol. The molecule has 0 spiro atoms. The van der Waals surface area contributed by atoms with Crippen LogP contribution in [-0.4, -0.2) is 55.1 Å². The summed E-state index contributed by atoms with van der Waals surface area (Å²) in [7, 11) is 0. The normalized spacial score (nSPS) is 22.0. The number of quaternary nitrogens is 1. The highest BCUT2D eigenvalue weighted by atomic mass is 15.3. The fraction of sp³-hybridized carbons (Fsp3) is 1.00. The lowest BCUT2D eigenvalue weighted by molar-refractivity contribution is -0.369. The predicted octanol–water partition coefficient (Wildman–Crippen LogP) is -0.746. The van der Waals surface area contributed by atoms with E-state index in [-0.39, 0.29) is 0 Å². The van der Waals surface area contributed by atoms with Gasteiger partial charge in [-0.2, -0.15) is 0 Å². The first-order valence-electron chi connectivity index (χ1n) is 4.99. The number of hydrogen-bond donors (Lipinski definition) is 1. The van der Waals surface area contributed by atoms with Gasteiger partial charge in [-0.25, -0.2) is 0 Å². The fourth-order valence-electron chi connectivity index (χ4n) is 1.73.